The van der Waals surface area contributed by atoms with Crippen LogP contribution >= 0.6 is 11.6 Å². The lowest BCUT2D eigenvalue weighted by Gasteiger charge is -2.41. The van der Waals surface area contributed by atoms with Gasteiger partial charge in [-0.2, -0.15) is 0 Å². The minimum atomic E-state index is -0.860. The number of fused-ring (bicyclic) bond motifs is 1. The van der Waals surface area contributed by atoms with E-state index in [1.165, 1.54) is 12.0 Å². The van der Waals surface area contributed by atoms with E-state index in [9.17, 15) is 14.4 Å². The number of urea groups is 2. The molecule has 1 aliphatic rings. The summed E-state index contributed by atoms with van der Waals surface area (Å²) in [6, 6.07) is 11.3. The molecule has 4 rings (SSSR count). The first-order chi connectivity index (χ1) is 17.3. The summed E-state index contributed by atoms with van der Waals surface area (Å²) in [5, 5.41) is 6.60. The smallest absolute Gasteiger partial charge is 0.331 e. The lowest BCUT2D eigenvalue weighted by Crippen LogP contribution is -2.67. The first-order valence-corrected chi connectivity index (χ1v) is 12.0. The Kier molecular flexibility index (Phi) is 7.64. The highest BCUT2D eigenvalue weighted by molar-refractivity contribution is 6.30. The Morgan fingerprint density at radius 2 is 2.00 bits per heavy atom. The zero-order chi connectivity index (χ0) is 25.8. The summed E-state index contributed by atoms with van der Waals surface area (Å²) >= 11 is 6.02. The molecular weight excluding hydrogens is 486 g/mol. The van der Waals surface area contributed by atoms with Gasteiger partial charge in [0.05, 0.1) is 19.6 Å². The van der Waals surface area contributed by atoms with Gasteiger partial charge in [-0.25, -0.2) is 19.5 Å². The predicted molar refractivity (Wildman–Crippen MR) is 134 cm³/mol. The maximum Gasteiger partial charge on any atom is 0.331 e. The van der Waals surface area contributed by atoms with Gasteiger partial charge >= 0.3 is 18.0 Å². The van der Waals surface area contributed by atoms with Crippen LogP contribution < -0.4 is 10.6 Å². The number of imide groups is 1. The number of nitrogens with zero attached hydrogens (tertiary/aromatic N) is 3. The normalized spacial score (nSPS) is 16.7. The molecule has 1 aliphatic heterocycles. The number of ether oxygens (including phenoxy) is 1. The summed E-state index contributed by atoms with van der Waals surface area (Å²) in [5.74, 6) is -0.536. The number of carbonyl (C=O) groups is 3. The van der Waals surface area contributed by atoms with Crippen molar-refractivity contribution in [2.24, 2.45) is 5.92 Å². The third-order valence-electron chi connectivity index (χ3n) is 5.82. The summed E-state index contributed by atoms with van der Waals surface area (Å²) in [6.45, 7) is 3.71. The van der Waals surface area contributed by atoms with Gasteiger partial charge in [0.2, 0.25) is 0 Å². The molecule has 190 valence electrons. The van der Waals surface area contributed by atoms with Crippen molar-refractivity contribution in [2.45, 2.75) is 39.5 Å². The molecule has 2 atom stereocenters. The van der Waals surface area contributed by atoms with E-state index in [0.29, 0.717) is 22.2 Å². The maximum atomic E-state index is 13.5. The van der Waals surface area contributed by atoms with Crippen LogP contribution in [-0.2, 0) is 22.5 Å². The molecule has 2 N–H and O–H groups in total. The van der Waals surface area contributed by atoms with Gasteiger partial charge in [0.1, 0.15) is 5.52 Å². The molecule has 2 aromatic carbocycles. The third-order valence-corrected chi connectivity index (χ3v) is 6.07. The highest BCUT2D eigenvalue weighted by Gasteiger charge is 2.40. The number of halogens is 1. The van der Waals surface area contributed by atoms with Gasteiger partial charge in [-0.3, -0.25) is 15.0 Å². The van der Waals surface area contributed by atoms with Gasteiger partial charge in [0, 0.05) is 29.7 Å². The second-order valence-corrected chi connectivity index (χ2v) is 9.04. The van der Waals surface area contributed by atoms with Crippen LogP contribution in [0.1, 0.15) is 31.7 Å². The quantitative estimate of drug-likeness (QED) is 0.402. The Morgan fingerprint density at radius 1 is 1.25 bits per heavy atom. The fraction of sp³-hybridized carbons (Fsp3) is 0.360. The molecule has 36 heavy (non-hydrogen) atoms. The molecule has 0 bridgehead atoms. The molecular formula is C25H28ClN5O5. The van der Waals surface area contributed by atoms with E-state index in [1.807, 2.05) is 12.1 Å². The average molecular weight is 514 g/mol. The molecule has 4 amide bonds. The van der Waals surface area contributed by atoms with E-state index in [2.05, 4.69) is 22.5 Å². The number of aryl methyl sites for hydroxylation is 1. The molecule has 11 heteroatoms. The summed E-state index contributed by atoms with van der Waals surface area (Å²) in [7, 11) is 1.26. The molecule has 0 radical (unpaired) electrons. The monoisotopic (exact) mass is 513 g/mol. The van der Waals surface area contributed by atoms with Crippen LogP contribution in [0.25, 0.3) is 11.1 Å². The minimum Gasteiger partial charge on any atom is -0.469 e. The number of aromatic nitrogens is 1. The van der Waals surface area contributed by atoms with Gasteiger partial charge in [-0.1, -0.05) is 37.6 Å². The fourth-order valence-corrected chi connectivity index (χ4v) is 4.06. The maximum absolute atomic E-state index is 13.5. The van der Waals surface area contributed by atoms with Crippen molar-refractivity contribution < 1.29 is 23.5 Å². The number of benzene rings is 2. The lowest BCUT2D eigenvalue weighted by molar-refractivity contribution is -0.145. The molecule has 0 spiro atoms. The molecule has 0 saturated carbocycles. The van der Waals surface area contributed by atoms with Crippen LogP contribution in [-0.4, -0.2) is 52.8 Å². The van der Waals surface area contributed by atoms with Crippen molar-refractivity contribution in [3.63, 3.8) is 0 Å². The molecule has 0 aliphatic carbocycles. The third kappa shape index (κ3) is 5.54. The van der Waals surface area contributed by atoms with Crippen molar-refractivity contribution in [2.75, 3.05) is 19.0 Å². The molecule has 10 nitrogen and oxygen atoms in total. The molecule has 1 saturated heterocycles. The van der Waals surface area contributed by atoms with Crippen molar-refractivity contribution in [1.82, 2.24) is 20.1 Å². The van der Waals surface area contributed by atoms with Crippen molar-refractivity contribution in [3.8, 4) is 0 Å². The highest BCUT2D eigenvalue weighted by Crippen LogP contribution is 2.24. The number of esters is 1. The number of anilines is 1. The van der Waals surface area contributed by atoms with Gasteiger partial charge in [-0.05, 0) is 36.2 Å². The van der Waals surface area contributed by atoms with Gasteiger partial charge in [0.25, 0.3) is 0 Å². The predicted octanol–water partition coefficient (Wildman–Crippen LogP) is 4.59. The number of hydrogen-bond donors (Lipinski definition) is 2. The van der Waals surface area contributed by atoms with E-state index >= 15 is 0 Å². The second kappa shape index (κ2) is 10.9. The van der Waals surface area contributed by atoms with E-state index < -0.39 is 30.2 Å². The number of hydrogen-bond acceptors (Lipinski definition) is 7. The zero-order valence-electron chi connectivity index (χ0n) is 20.3. The Morgan fingerprint density at radius 3 is 2.69 bits per heavy atom. The molecule has 3 aromatic rings. The average Bonchev–Trinajstić information content (AvgIpc) is 3.26. The van der Waals surface area contributed by atoms with E-state index in [0.717, 1.165) is 28.8 Å². The van der Waals surface area contributed by atoms with Crippen LogP contribution in [0.5, 0.6) is 0 Å². The topological polar surface area (TPSA) is 117 Å². The first-order valence-electron chi connectivity index (χ1n) is 11.7. The van der Waals surface area contributed by atoms with Gasteiger partial charge < -0.3 is 14.5 Å². The lowest BCUT2D eigenvalue weighted by atomic mass is 10.1. The van der Waals surface area contributed by atoms with Gasteiger partial charge in [-0.15, -0.1) is 0 Å². The number of nitrogens with one attached hydrogen (secondary N) is 2. The zero-order valence-corrected chi connectivity index (χ0v) is 21.0. The van der Waals surface area contributed by atoms with E-state index in [-0.39, 0.29) is 13.1 Å². The largest absolute Gasteiger partial charge is 0.469 e. The van der Waals surface area contributed by atoms with Crippen molar-refractivity contribution in [3.05, 3.63) is 58.9 Å². The van der Waals surface area contributed by atoms with Crippen molar-refractivity contribution in [1.29, 1.82) is 0 Å². The Balaban J connectivity index is 1.60. The van der Waals surface area contributed by atoms with Gasteiger partial charge in [0.15, 0.2) is 17.8 Å². The van der Waals surface area contributed by atoms with Crippen LogP contribution in [0.15, 0.2) is 46.9 Å². The van der Waals surface area contributed by atoms with E-state index in [4.69, 9.17) is 20.8 Å². The molecule has 1 unspecified atom stereocenters. The number of amides is 4. The highest BCUT2D eigenvalue weighted by atomic mass is 35.5. The van der Waals surface area contributed by atoms with E-state index in [1.54, 1.807) is 37.3 Å². The van der Waals surface area contributed by atoms with Crippen LogP contribution in [0.2, 0.25) is 5.02 Å². The van der Waals surface area contributed by atoms with Crippen LogP contribution in [0.4, 0.5) is 15.3 Å². The standard InChI is InChI=1S/C25H28ClN5O5/c1-4-5-21-28-19-11-10-18(12-20(19)36-21)27-23-29-24(33)31(13-15(2)22(32)35-3)25(34)30(23)14-16-6-8-17(26)9-7-16/h6-12,15,23,27H,4-5,13-14H2,1-3H3,(H,29,33)/t15-,23?/m0/s1. The second-order valence-electron chi connectivity index (χ2n) is 8.61. The van der Waals surface area contributed by atoms with Crippen molar-refractivity contribution >= 4 is 46.4 Å². The van der Waals surface area contributed by atoms with Crippen LogP contribution in [0.3, 0.4) is 0 Å². The number of rotatable bonds is 9. The molecule has 1 fully saturated rings. The summed E-state index contributed by atoms with van der Waals surface area (Å²) < 4.78 is 10.6. The SMILES string of the molecule is CCCc1nc2ccc(NC3NC(=O)N(C[C@H](C)C(=O)OC)C(=O)N3Cc3ccc(Cl)cc3)cc2o1. The Labute approximate surface area is 213 Å². The minimum absolute atomic E-state index is 0.120. The number of methoxy groups -OCH3 is 1. The summed E-state index contributed by atoms with van der Waals surface area (Å²) in [6.07, 6.45) is 0.791. The Bertz CT molecular complexity index is 1260. The molecule has 2 heterocycles. The summed E-state index contributed by atoms with van der Waals surface area (Å²) in [5.41, 5.74) is 2.78. The molecule has 1 aromatic heterocycles. The first kappa shape index (κ1) is 25.3. The fourth-order valence-electron chi connectivity index (χ4n) is 3.94. The number of carbonyl (C=O) groups excluding carboxylic acids is 3. The Hall–Kier alpha value is -3.79. The summed E-state index contributed by atoms with van der Waals surface area (Å²) in [4.78, 5) is 45.3. The number of oxazole rings is 1. The van der Waals surface area contributed by atoms with Crippen LogP contribution in [0, 0.1) is 5.92 Å².